The molecule has 5 aromatic rings. The van der Waals surface area contributed by atoms with Gasteiger partial charge in [0.15, 0.2) is 0 Å². The Balaban J connectivity index is 1.32. The summed E-state index contributed by atoms with van der Waals surface area (Å²) in [5.41, 5.74) is 1.90. The van der Waals surface area contributed by atoms with Gasteiger partial charge in [-0.2, -0.15) is 0 Å². The van der Waals surface area contributed by atoms with Crippen LogP contribution in [0.15, 0.2) is 132 Å². The van der Waals surface area contributed by atoms with Crippen molar-refractivity contribution in [1.82, 2.24) is 10.3 Å². The Morgan fingerprint density at radius 3 is 2.24 bits per heavy atom. The van der Waals surface area contributed by atoms with Gasteiger partial charge >= 0.3 is 0 Å². The Hall–Kier alpha value is -5.21. The molecular formula is C34H28N4O3S. The van der Waals surface area contributed by atoms with Crippen LogP contribution in [-0.2, 0) is 9.59 Å². The van der Waals surface area contributed by atoms with Crippen molar-refractivity contribution < 1.29 is 14.4 Å². The second-order valence-corrected chi connectivity index (χ2v) is 10.8. The molecule has 208 valence electrons. The number of carbonyl (C=O) groups excluding carboxylic acids is 3. The van der Waals surface area contributed by atoms with Gasteiger partial charge in [-0.05, 0) is 77.9 Å². The number of fused-ring (bicyclic) bond motifs is 1. The van der Waals surface area contributed by atoms with Gasteiger partial charge in [0.2, 0.25) is 5.91 Å². The van der Waals surface area contributed by atoms with Crippen LogP contribution >= 0.6 is 11.8 Å². The molecule has 1 atom stereocenters. The first-order chi connectivity index (χ1) is 20.5. The molecule has 0 saturated heterocycles. The molecule has 42 heavy (non-hydrogen) atoms. The van der Waals surface area contributed by atoms with Crippen molar-refractivity contribution >= 4 is 57.8 Å². The van der Waals surface area contributed by atoms with Gasteiger partial charge in [-0.15, -0.1) is 11.8 Å². The zero-order valence-electron chi connectivity index (χ0n) is 22.8. The molecule has 1 aromatic heterocycles. The summed E-state index contributed by atoms with van der Waals surface area (Å²) in [7, 11) is 0. The van der Waals surface area contributed by atoms with Gasteiger partial charge in [0.25, 0.3) is 11.8 Å². The molecule has 0 aliphatic rings. The third-order valence-corrected chi connectivity index (χ3v) is 7.47. The predicted molar refractivity (Wildman–Crippen MR) is 169 cm³/mol. The molecule has 8 heteroatoms. The summed E-state index contributed by atoms with van der Waals surface area (Å²) in [6.45, 7) is 1.82. The van der Waals surface area contributed by atoms with E-state index in [0.29, 0.717) is 17.1 Å². The highest BCUT2D eigenvalue weighted by Gasteiger charge is 2.17. The summed E-state index contributed by atoms with van der Waals surface area (Å²) < 4.78 is 0. The number of benzene rings is 4. The SMILES string of the molecule is CC(Sc1ccc(NC(=O)/C(=C/c2cccc3ccccc23)NC(=O)c2ccccc2)cc1)C(=O)Nc1ccccn1. The monoisotopic (exact) mass is 572 g/mol. The van der Waals surface area contributed by atoms with Crippen molar-refractivity contribution in [3.05, 3.63) is 138 Å². The summed E-state index contributed by atoms with van der Waals surface area (Å²) >= 11 is 1.39. The van der Waals surface area contributed by atoms with Crippen LogP contribution in [0.1, 0.15) is 22.8 Å². The maximum absolute atomic E-state index is 13.5. The van der Waals surface area contributed by atoms with E-state index in [2.05, 4.69) is 20.9 Å². The summed E-state index contributed by atoms with van der Waals surface area (Å²) in [5.74, 6) is -0.508. The molecule has 0 saturated carbocycles. The van der Waals surface area contributed by atoms with Gasteiger partial charge < -0.3 is 16.0 Å². The Morgan fingerprint density at radius 1 is 0.762 bits per heavy atom. The van der Waals surface area contributed by atoms with Gasteiger partial charge in [-0.25, -0.2) is 4.98 Å². The lowest BCUT2D eigenvalue weighted by molar-refractivity contribution is -0.115. The van der Waals surface area contributed by atoms with Gasteiger partial charge in [0, 0.05) is 22.3 Å². The van der Waals surface area contributed by atoms with E-state index in [9.17, 15) is 14.4 Å². The Bertz CT molecular complexity index is 1730. The fourth-order valence-corrected chi connectivity index (χ4v) is 5.08. The lowest BCUT2D eigenvalue weighted by Crippen LogP contribution is -2.30. The number of pyridine rings is 1. The van der Waals surface area contributed by atoms with E-state index >= 15 is 0 Å². The molecule has 1 heterocycles. The van der Waals surface area contributed by atoms with Crippen LogP contribution in [-0.4, -0.2) is 28.0 Å². The summed E-state index contributed by atoms with van der Waals surface area (Å²) in [5, 5.41) is 10.1. The highest BCUT2D eigenvalue weighted by Crippen LogP contribution is 2.26. The lowest BCUT2D eigenvalue weighted by Gasteiger charge is -2.13. The van der Waals surface area contributed by atoms with E-state index in [0.717, 1.165) is 21.2 Å². The molecule has 3 N–H and O–H groups in total. The highest BCUT2D eigenvalue weighted by molar-refractivity contribution is 8.00. The van der Waals surface area contributed by atoms with Crippen LogP contribution in [0, 0.1) is 0 Å². The number of carbonyl (C=O) groups is 3. The highest BCUT2D eigenvalue weighted by atomic mass is 32.2. The second-order valence-electron chi connectivity index (χ2n) is 9.39. The van der Waals surface area contributed by atoms with E-state index < -0.39 is 5.91 Å². The zero-order chi connectivity index (χ0) is 29.3. The van der Waals surface area contributed by atoms with Gasteiger partial charge in [0.1, 0.15) is 11.5 Å². The average Bonchev–Trinajstić information content (AvgIpc) is 3.02. The molecule has 0 radical (unpaired) electrons. The number of hydrogen-bond donors (Lipinski definition) is 3. The van der Waals surface area contributed by atoms with Crippen molar-refractivity contribution in [1.29, 1.82) is 0 Å². The number of amides is 3. The molecule has 0 spiro atoms. The van der Waals surface area contributed by atoms with E-state index in [-0.39, 0.29) is 22.8 Å². The maximum Gasteiger partial charge on any atom is 0.272 e. The van der Waals surface area contributed by atoms with Crippen LogP contribution in [0.3, 0.4) is 0 Å². The summed E-state index contributed by atoms with van der Waals surface area (Å²) in [6, 6.07) is 34.9. The number of rotatable bonds is 9. The lowest BCUT2D eigenvalue weighted by atomic mass is 10.0. The van der Waals surface area contributed by atoms with Crippen molar-refractivity contribution in [3.8, 4) is 0 Å². The number of nitrogens with zero attached hydrogens (tertiary/aromatic N) is 1. The minimum absolute atomic E-state index is 0.110. The fourth-order valence-electron chi connectivity index (χ4n) is 4.21. The third-order valence-electron chi connectivity index (χ3n) is 6.36. The number of aromatic nitrogens is 1. The summed E-state index contributed by atoms with van der Waals surface area (Å²) in [6.07, 6.45) is 3.31. The minimum atomic E-state index is -0.462. The van der Waals surface area contributed by atoms with E-state index in [4.69, 9.17) is 0 Å². The van der Waals surface area contributed by atoms with Crippen LogP contribution in [0.25, 0.3) is 16.8 Å². The van der Waals surface area contributed by atoms with Crippen LogP contribution < -0.4 is 16.0 Å². The van der Waals surface area contributed by atoms with E-state index in [1.807, 2.05) is 73.7 Å². The Kier molecular flexibility index (Phi) is 9.06. The molecule has 5 rings (SSSR count). The molecule has 0 fully saturated rings. The Labute approximate surface area is 248 Å². The van der Waals surface area contributed by atoms with Gasteiger partial charge in [-0.3, -0.25) is 14.4 Å². The van der Waals surface area contributed by atoms with Gasteiger partial charge in [0.05, 0.1) is 5.25 Å². The van der Waals surface area contributed by atoms with Crippen molar-refractivity contribution in [2.45, 2.75) is 17.1 Å². The normalized spacial score (nSPS) is 11.9. The molecule has 1 unspecified atom stereocenters. The number of nitrogens with one attached hydrogen (secondary N) is 3. The minimum Gasteiger partial charge on any atom is -0.321 e. The van der Waals surface area contributed by atoms with E-state index in [1.54, 1.807) is 60.8 Å². The van der Waals surface area contributed by atoms with Gasteiger partial charge in [-0.1, -0.05) is 66.7 Å². The van der Waals surface area contributed by atoms with Crippen molar-refractivity contribution in [2.24, 2.45) is 0 Å². The Morgan fingerprint density at radius 2 is 1.48 bits per heavy atom. The molecule has 7 nitrogen and oxygen atoms in total. The zero-order valence-corrected chi connectivity index (χ0v) is 23.6. The quantitative estimate of drug-likeness (QED) is 0.134. The van der Waals surface area contributed by atoms with E-state index in [1.165, 1.54) is 11.8 Å². The molecule has 4 aromatic carbocycles. The van der Waals surface area contributed by atoms with Crippen molar-refractivity contribution in [3.63, 3.8) is 0 Å². The standard InChI is InChI=1S/C34H28N4O3S/c1-23(32(39)38-31-16-7-8-21-35-31)42-28-19-17-27(18-20-28)36-34(41)30(37-33(40)25-11-3-2-4-12-25)22-26-14-9-13-24-10-5-6-15-29(24)26/h2-23H,1H3,(H,36,41)(H,37,40)(H,35,38,39)/b30-22-. The predicted octanol–water partition coefficient (Wildman–Crippen LogP) is 6.76. The molecule has 0 aliphatic carbocycles. The third kappa shape index (κ3) is 7.30. The molecule has 0 bridgehead atoms. The summed E-state index contributed by atoms with van der Waals surface area (Å²) in [4.78, 5) is 44.0. The maximum atomic E-state index is 13.5. The smallest absolute Gasteiger partial charge is 0.272 e. The molecular weight excluding hydrogens is 544 g/mol. The van der Waals surface area contributed by atoms with Crippen LogP contribution in [0.2, 0.25) is 0 Å². The fraction of sp³-hybridized carbons (Fsp3) is 0.0588. The number of anilines is 2. The van der Waals surface area contributed by atoms with Crippen molar-refractivity contribution in [2.75, 3.05) is 10.6 Å². The molecule has 3 amide bonds. The topological polar surface area (TPSA) is 100 Å². The number of hydrogen-bond acceptors (Lipinski definition) is 5. The van der Waals surface area contributed by atoms with Crippen LogP contribution in [0.5, 0.6) is 0 Å². The first-order valence-electron chi connectivity index (χ1n) is 13.3. The second kappa shape index (κ2) is 13.4. The largest absolute Gasteiger partial charge is 0.321 e. The van der Waals surface area contributed by atoms with Crippen LogP contribution in [0.4, 0.5) is 11.5 Å². The number of thioether (sulfide) groups is 1. The first-order valence-corrected chi connectivity index (χ1v) is 14.2. The average molecular weight is 573 g/mol. The first kappa shape index (κ1) is 28.3. The molecule has 0 aliphatic heterocycles.